The Morgan fingerprint density at radius 3 is 3.10 bits per heavy atom. The Labute approximate surface area is 120 Å². The predicted molar refractivity (Wildman–Crippen MR) is 76.3 cm³/mol. The normalized spacial score (nSPS) is 14.8. The molecule has 1 aliphatic heterocycles. The van der Waals surface area contributed by atoms with Gasteiger partial charge in [0.25, 0.3) is 0 Å². The van der Waals surface area contributed by atoms with Crippen LogP contribution in [0.2, 0.25) is 0 Å². The number of rotatable bonds is 4. The van der Waals surface area contributed by atoms with E-state index in [0.717, 1.165) is 20.9 Å². The van der Waals surface area contributed by atoms with Crippen molar-refractivity contribution in [1.82, 2.24) is 10.3 Å². The molecular weight excluding hydrogens is 276 g/mol. The summed E-state index contributed by atoms with van der Waals surface area (Å²) in [5.74, 6) is -0.339. The van der Waals surface area contributed by atoms with Gasteiger partial charge in [-0.1, -0.05) is 12.1 Å². The summed E-state index contributed by atoms with van der Waals surface area (Å²) in [4.78, 5) is 16.1. The van der Waals surface area contributed by atoms with Crippen molar-refractivity contribution in [1.29, 1.82) is 0 Å². The molecule has 5 nitrogen and oxygen atoms in total. The smallest absolute Gasteiger partial charge is 0.337 e. The van der Waals surface area contributed by atoms with E-state index in [0.29, 0.717) is 25.3 Å². The van der Waals surface area contributed by atoms with Crippen LogP contribution in [-0.4, -0.2) is 31.3 Å². The van der Waals surface area contributed by atoms with Crippen LogP contribution < -0.4 is 5.32 Å². The van der Waals surface area contributed by atoms with Crippen LogP contribution in [0, 0.1) is 0 Å². The number of hydrogen-bond donors (Lipinski definition) is 1. The molecule has 1 N–H and O–H groups in total. The van der Waals surface area contributed by atoms with Crippen molar-refractivity contribution in [3.63, 3.8) is 0 Å². The van der Waals surface area contributed by atoms with Gasteiger partial charge < -0.3 is 14.8 Å². The van der Waals surface area contributed by atoms with Gasteiger partial charge in [-0.3, -0.25) is 0 Å². The number of benzene rings is 1. The van der Waals surface area contributed by atoms with E-state index in [9.17, 15) is 4.79 Å². The zero-order chi connectivity index (χ0) is 13.9. The number of methoxy groups -OCH3 is 1. The fraction of sp³-hybridized carbons (Fsp3) is 0.286. The molecule has 1 aliphatic rings. The first-order valence-corrected chi connectivity index (χ1v) is 7.06. The number of para-hydroxylation sites is 1. The predicted octanol–water partition coefficient (Wildman–Crippen LogP) is 1.84. The molecule has 1 aromatic carbocycles. The quantitative estimate of drug-likeness (QED) is 0.871. The van der Waals surface area contributed by atoms with E-state index in [2.05, 4.69) is 10.3 Å². The summed E-state index contributed by atoms with van der Waals surface area (Å²) in [6.45, 7) is 1.29. The molecular formula is C14H14N2O3S. The Balaban J connectivity index is 1.74. The Morgan fingerprint density at radius 2 is 2.30 bits per heavy atom. The number of nitrogens with one attached hydrogen (secondary N) is 1. The average molecular weight is 290 g/mol. The number of carbonyl (C=O) groups is 1. The van der Waals surface area contributed by atoms with Crippen molar-refractivity contribution in [2.45, 2.75) is 6.54 Å². The summed E-state index contributed by atoms with van der Waals surface area (Å²) in [5.41, 5.74) is 2.35. The topological polar surface area (TPSA) is 60.5 Å². The molecule has 1 aromatic heterocycles. The van der Waals surface area contributed by atoms with Crippen LogP contribution in [0.4, 0.5) is 0 Å². The highest BCUT2D eigenvalue weighted by Crippen LogP contribution is 2.22. The van der Waals surface area contributed by atoms with Crippen molar-refractivity contribution in [3.05, 3.63) is 40.5 Å². The van der Waals surface area contributed by atoms with E-state index in [1.54, 1.807) is 11.3 Å². The zero-order valence-electron chi connectivity index (χ0n) is 11.0. The molecule has 0 saturated heterocycles. The Morgan fingerprint density at radius 1 is 1.45 bits per heavy atom. The molecule has 0 aliphatic carbocycles. The van der Waals surface area contributed by atoms with Gasteiger partial charge in [-0.2, -0.15) is 0 Å². The maximum absolute atomic E-state index is 11.6. The summed E-state index contributed by atoms with van der Waals surface area (Å²) in [5, 5.41) is 4.21. The number of fused-ring (bicyclic) bond motifs is 1. The summed E-state index contributed by atoms with van der Waals surface area (Å²) in [6, 6.07) is 8.02. The van der Waals surface area contributed by atoms with Crippen LogP contribution in [0.25, 0.3) is 10.2 Å². The summed E-state index contributed by atoms with van der Waals surface area (Å²) in [7, 11) is 1.37. The third-order valence-electron chi connectivity index (χ3n) is 3.08. The zero-order valence-corrected chi connectivity index (χ0v) is 11.8. The molecule has 0 amide bonds. The van der Waals surface area contributed by atoms with E-state index in [1.165, 1.54) is 7.11 Å². The number of esters is 1. The second kappa shape index (κ2) is 5.60. The first-order valence-electron chi connectivity index (χ1n) is 6.24. The molecule has 3 rings (SSSR count). The fourth-order valence-electron chi connectivity index (χ4n) is 2.07. The first-order chi connectivity index (χ1) is 9.78. The van der Waals surface area contributed by atoms with Crippen molar-refractivity contribution < 1.29 is 14.3 Å². The second-order valence-electron chi connectivity index (χ2n) is 4.37. The molecule has 0 atom stereocenters. The average Bonchev–Trinajstić information content (AvgIpc) is 3.10. The summed E-state index contributed by atoms with van der Waals surface area (Å²) < 4.78 is 11.2. The van der Waals surface area contributed by atoms with Gasteiger partial charge in [0, 0.05) is 0 Å². The fourth-order valence-corrected chi connectivity index (χ4v) is 2.98. The lowest BCUT2D eigenvalue weighted by Crippen LogP contribution is -2.18. The monoisotopic (exact) mass is 290 g/mol. The maximum Gasteiger partial charge on any atom is 0.337 e. The number of aromatic nitrogens is 1. The highest BCUT2D eigenvalue weighted by molar-refractivity contribution is 7.18. The largest absolute Gasteiger partial charge is 0.466 e. The van der Waals surface area contributed by atoms with Crippen LogP contribution >= 0.6 is 11.3 Å². The van der Waals surface area contributed by atoms with Gasteiger partial charge in [-0.25, -0.2) is 9.78 Å². The molecule has 0 bridgehead atoms. The minimum Gasteiger partial charge on any atom is -0.466 e. The van der Waals surface area contributed by atoms with Crippen molar-refractivity contribution in [3.8, 4) is 0 Å². The van der Waals surface area contributed by atoms with Crippen molar-refractivity contribution in [2.24, 2.45) is 0 Å². The first kappa shape index (κ1) is 13.1. The molecule has 0 saturated carbocycles. The molecule has 20 heavy (non-hydrogen) atoms. The van der Waals surface area contributed by atoms with Crippen molar-refractivity contribution >= 4 is 27.5 Å². The van der Waals surface area contributed by atoms with E-state index in [1.807, 2.05) is 24.3 Å². The minimum absolute atomic E-state index is 0.300. The van der Waals surface area contributed by atoms with E-state index in [4.69, 9.17) is 9.47 Å². The molecule has 6 heteroatoms. The number of hydrogen-bond acceptors (Lipinski definition) is 6. The van der Waals surface area contributed by atoms with Crippen LogP contribution in [0.5, 0.6) is 0 Å². The Bertz CT molecular complexity index is 645. The molecule has 0 unspecified atom stereocenters. The Kier molecular flexibility index (Phi) is 3.66. The minimum atomic E-state index is -0.339. The second-order valence-corrected chi connectivity index (χ2v) is 5.49. The molecule has 0 fully saturated rings. The molecule has 104 valence electrons. The van der Waals surface area contributed by atoms with Gasteiger partial charge in [0.1, 0.15) is 5.01 Å². The SMILES string of the molecule is COC(=O)C1=C(NCc2nc3ccccc3s2)COC1. The highest BCUT2D eigenvalue weighted by atomic mass is 32.1. The van der Waals surface area contributed by atoms with Crippen LogP contribution in [0.3, 0.4) is 0 Å². The highest BCUT2D eigenvalue weighted by Gasteiger charge is 2.22. The van der Waals surface area contributed by atoms with E-state index in [-0.39, 0.29) is 5.97 Å². The molecule has 2 aromatic rings. The van der Waals surface area contributed by atoms with Crippen LogP contribution in [-0.2, 0) is 20.8 Å². The summed E-state index contributed by atoms with van der Waals surface area (Å²) >= 11 is 1.64. The lowest BCUT2D eigenvalue weighted by Gasteiger charge is -2.06. The van der Waals surface area contributed by atoms with Gasteiger partial charge in [0.2, 0.25) is 0 Å². The van der Waals surface area contributed by atoms with Gasteiger partial charge in [-0.05, 0) is 12.1 Å². The Hall–Kier alpha value is -1.92. The number of carbonyl (C=O) groups excluding carboxylic acids is 1. The lowest BCUT2D eigenvalue weighted by molar-refractivity contribution is -0.136. The van der Waals surface area contributed by atoms with Crippen LogP contribution in [0.1, 0.15) is 5.01 Å². The van der Waals surface area contributed by atoms with Gasteiger partial charge >= 0.3 is 5.97 Å². The molecule has 0 radical (unpaired) electrons. The summed E-state index contributed by atoms with van der Waals surface area (Å²) in [6.07, 6.45) is 0. The van der Waals surface area contributed by atoms with E-state index < -0.39 is 0 Å². The maximum atomic E-state index is 11.6. The number of ether oxygens (including phenoxy) is 2. The van der Waals surface area contributed by atoms with Gasteiger partial charge in [0.05, 0.1) is 48.4 Å². The third-order valence-corrected chi connectivity index (χ3v) is 4.12. The third kappa shape index (κ3) is 2.52. The van der Waals surface area contributed by atoms with Gasteiger partial charge in [-0.15, -0.1) is 11.3 Å². The standard InChI is InChI=1S/C14H14N2O3S/c1-18-14(17)9-7-19-8-11(9)15-6-13-16-10-4-2-3-5-12(10)20-13/h2-5,15H,6-8H2,1H3. The molecule has 0 spiro atoms. The van der Waals surface area contributed by atoms with E-state index >= 15 is 0 Å². The molecule has 2 heterocycles. The van der Waals surface area contributed by atoms with Gasteiger partial charge in [0.15, 0.2) is 0 Å². The number of thiazole rings is 1. The van der Waals surface area contributed by atoms with Crippen molar-refractivity contribution in [2.75, 3.05) is 20.3 Å². The number of nitrogens with zero attached hydrogens (tertiary/aromatic N) is 1. The van der Waals surface area contributed by atoms with Crippen LogP contribution in [0.15, 0.2) is 35.5 Å². The lowest BCUT2D eigenvalue weighted by atomic mass is 10.2.